The van der Waals surface area contributed by atoms with Crippen molar-refractivity contribution in [1.82, 2.24) is 0 Å². The van der Waals surface area contributed by atoms with Gasteiger partial charge in [0.25, 0.3) is 0 Å². The van der Waals surface area contributed by atoms with Crippen LogP contribution in [0.4, 0.5) is 18.9 Å². The standard InChI is InChI=1S/C12H12F3N3O3/c13-12(14,15)8-3-7(6-19)1-2-9(8)18(4-10(16)20)5-11(17)21/h1-3,6H,4-5H2,(H2,16,20)(H2,17,21). The maximum Gasteiger partial charge on any atom is 0.418 e. The number of hydrogen-bond donors (Lipinski definition) is 2. The third kappa shape index (κ3) is 4.48. The van der Waals surface area contributed by atoms with E-state index in [0.717, 1.165) is 17.0 Å². The van der Waals surface area contributed by atoms with Crippen LogP contribution < -0.4 is 16.4 Å². The average Bonchev–Trinajstić information content (AvgIpc) is 2.35. The number of benzene rings is 1. The van der Waals surface area contributed by atoms with E-state index in [9.17, 15) is 27.6 Å². The van der Waals surface area contributed by atoms with Crippen molar-refractivity contribution >= 4 is 23.8 Å². The number of nitrogens with zero attached hydrogens (tertiary/aromatic N) is 1. The molecule has 1 aromatic carbocycles. The van der Waals surface area contributed by atoms with Crippen LogP contribution in [0.3, 0.4) is 0 Å². The largest absolute Gasteiger partial charge is 0.418 e. The first-order valence-electron chi connectivity index (χ1n) is 5.63. The second kappa shape index (κ2) is 6.25. The van der Waals surface area contributed by atoms with E-state index in [-0.39, 0.29) is 11.8 Å². The molecule has 0 bridgehead atoms. The number of alkyl halides is 3. The van der Waals surface area contributed by atoms with Crippen molar-refractivity contribution in [3.8, 4) is 0 Å². The zero-order valence-electron chi connectivity index (χ0n) is 10.7. The van der Waals surface area contributed by atoms with Gasteiger partial charge >= 0.3 is 6.18 Å². The molecule has 0 aromatic heterocycles. The zero-order chi connectivity index (χ0) is 16.2. The number of hydrogen-bond acceptors (Lipinski definition) is 4. The summed E-state index contributed by atoms with van der Waals surface area (Å²) in [6, 6.07) is 2.74. The monoisotopic (exact) mass is 303 g/mol. The highest BCUT2D eigenvalue weighted by Gasteiger charge is 2.35. The van der Waals surface area contributed by atoms with Crippen LogP contribution in [0.15, 0.2) is 18.2 Å². The number of primary amides is 2. The highest BCUT2D eigenvalue weighted by molar-refractivity contribution is 5.86. The summed E-state index contributed by atoms with van der Waals surface area (Å²) in [5.74, 6) is -1.85. The van der Waals surface area contributed by atoms with Crippen LogP contribution >= 0.6 is 0 Å². The number of rotatable bonds is 6. The van der Waals surface area contributed by atoms with Crippen molar-refractivity contribution in [1.29, 1.82) is 0 Å². The van der Waals surface area contributed by atoms with Crippen LogP contribution in [0.2, 0.25) is 0 Å². The molecule has 2 amide bonds. The minimum Gasteiger partial charge on any atom is -0.368 e. The Bertz CT molecular complexity index is 557. The molecule has 21 heavy (non-hydrogen) atoms. The Labute approximate surface area is 117 Å². The van der Waals surface area contributed by atoms with Gasteiger partial charge in [0.05, 0.1) is 18.7 Å². The number of nitrogens with two attached hydrogens (primary N) is 2. The molecule has 0 aliphatic rings. The number of halogens is 3. The van der Waals surface area contributed by atoms with E-state index in [1.54, 1.807) is 0 Å². The van der Waals surface area contributed by atoms with Crippen LogP contribution in [0.5, 0.6) is 0 Å². The molecule has 0 spiro atoms. The Hall–Kier alpha value is -2.58. The van der Waals surface area contributed by atoms with Gasteiger partial charge in [-0.15, -0.1) is 0 Å². The minimum absolute atomic E-state index is 0.191. The Kier molecular flexibility index (Phi) is 4.90. The smallest absolute Gasteiger partial charge is 0.368 e. The molecule has 6 nitrogen and oxygen atoms in total. The van der Waals surface area contributed by atoms with Gasteiger partial charge in [0.2, 0.25) is 11.8 Å². The summed E-state index contributed by atoms with van der Waals surface area (Å²) in [5.41, 5.74) is 8.10. The van der Waals surface area contributed by atoms with Gasteiger partial charge in [0.1, 0.15) is 6.29 Å². The number of carbonyl (C=O) groups excluding carboxylic acids is 3. The molecule has 0 saturated carbocycles. The van der Waals surface area contributed by atoms with Crippen LogP contribution in [0.1, 0.15) is 15.9 Å². The lowest BCUT2D eigenvalue weighted by Gasteiger charge is -2.25. The maximum atomic E-state index is 13.0. The number of carbonyl (C=O) groups is 3. The molecule has 1 aromatic rings. The van der Waals surface area contributed by atoms with Gasteiger partial charge in [-0.05, 0) is 18.2 Å². The van der Waals surface area contributed by atoms with Gasteiger partial charge < -0.3 is 16.4 Å². The fourth-order valence-corrected chi connectivity index (χ4v) is 1.73. The summed E-state index contributed by atoms with van der Waals surface area (Å²) in [7, 11) is 0. The molecule has 0 aliphatic carbocycles. The lowest BCUT2D eigenvalue weighted by atomic mass is 10.1. The van der Waals surface area contributed by atoms with E-state index in [1.165, 1.54) is 0 Å². The van der Waals surface area contributed by atoms with Crippen molar-refractivity contribution < 1.29 is 27.6 Å². The fourth-order valence-electron chi connectivity index (χ4n) is 1.73. The molecule has 1 rings (SSSR count). The normalized spacial score (nSPS) is 11.0. The zero-order valence-corrected chi connectivity index (χ0v) is 10.7. The molecule has 0 unspecified atom stereocenters. The summed E-state index contributed by atoms with van der Waals surface area (Å²) in [5, 5.41) is 0. The van der Waals surface area contributed by atoms with Crippen molar-refractivity contribution in [3.63, 3.8) is 0 Å². The number of amides is 2. The second-order valence-corrected chi connectivity index (χ2v) is 4.18. The molecule has 9 heteroatoms. The number of anilines is 1. The Balaban J connectivity index is 3.38. The summed E-state index contributed by atoms with van der Waals surface area (Å²) in [6.45, 7) is -1.24. The molecule has 114 valence electrons. The average molecular weight is 303 g/mol. The maximum absolute atomic E-state index is 13.0. The molecule has 0 aliphatic heterocycles. The van der Waals surface area contributed by atoms with Gasteiger partial charge in [-0.25, -0.2) is 0 Å². The van der Waals surface area contributed by atoms with Gasteiger partial charge in [-0.1, -0.05) is 0 Å². The Morgan fingerprint density at radius 2 is 1.67 bits per heavy atom. The molecule has 0 saturated heterocycles. The van der Waals surface area contributed by atoms with E-state index >= 15 is 0 Å². The first-order valence-corrected chi connectivity index (χ1v) is 5.63. The predicted octanol–water partition coefficient (Wildman–Crippen LogP) is 0.295. The van der Waals surface area contributed by atoms with Crippen molar-refractivity contribution in [2.24, 2.45) is 11.5 Å². The van der Waals surface area contributed by atoms with Gasteiger partial charge in [-0.2, -0.15) is 13.2 Å². The second-order valence-electron chi connectivity index (χ2n) is 4.18. The van der Waals surface area contributed by atoms with Gasteiger partial charge in [-0.3, -0.25) is 14.4 Å². The Morgan fingerprint density at radius 3 is 2.05 bits per heavy atom. The SMILES string of the molecule is NC(=O)CN(CC(N)=O)c1ccc(C=O)cc1C(F)(F)F. The van der Waals surface area contributed by atoms with E-state index in [1.807, 2.05) is 0 Å². The van der Waals surface area contributed by atoms with Crippen molar-refractivity contribution in [3.05, 3.63) is 29.3 Å². The van der Waals surface area contributed by atoms with E-state index in [0.29, 0.717) is 6.07 Å². The molecule has 4 N–H and O–H groups in total. The summed E-state index contributed by atoms with van der Waals surface area (Å²) < 4.78 is 39.1. The molecule has 0 heterocycles. The Morgan fingerprint density at radius 1 is 1.14 bits per heavy atom. The van der Waals surface area contributed by atoms with Crippen molar-refractivity contribution in [2.45, 2.75) is 6.18 Å². The first kappa shape index (κ1) is 16.5. The van der Waals surface area contributed by atoms with Gasteiger partial charge in [0, 0.05) is 11.3 Å². The molecule has 0 radical (unpaired) electrons. The van der Waals surface area contributed by atoms with Crippen LogP contribution in [-0.4, -0.2) is 31.2 Å². The minimum atomic E-state index is -4.78. The lowest BCUT2D eigenvalue weighted by Crippen LogP contribution is -2.40. The summed E-state index contributed by atoms with van der Waals surface area (Å²) in [6.07, 6.45) is -4.52. The highest BCUT2D eigenvalue weighted by Crippen LogP contribution is 2.37. The van der Waals surface area contributed by atoms with E-state index in [2.05, 4.69) is 0 Å². The first-order chi connectivity index (χ1) is 9.65. The lowest BCUT2D eigenvalue weighted by molar-refractivity contribution is -0.137. The quantitative estimate of drug-likeness (QED) is 0.737. The molecular weight excluding hydrogens is 291 g/mol. The fraction of sp³-hybridized carbons (Fsp3) is 0.250. The van der Waals surface area contributed by atoms with Crippen LogP contribution in [-0.2, 0) is 15.8 Å². The number of aldehydes is 1. The van der Waals surface area contributed by atoms with Crippen LogP contribution in [0, 0.1) is 0 Å². The van der Waals surface area contributed by atoms with E-state index < -0.39 is 42.3 Å². The van der Waals surface area contributed by atoms with E-state index in [4.69, 9.17) is 11.5 Å². The predicted molar refractivity (Wildman–Crippen MR) is 67.4 cm³/mol. The topological polar surface area (TPSA) is 106 Å². The summed E-state index contributed by atoms with van der Waals surface area (Å²) >= 11 is 0. The molecule has 0 atom stereocenters. The third-order valence-electron chi connectivity index (χ3n) is 2.50. The highest BCUT2D eigenvalue weighted by atomic mass is 19.4. The van der Waals surface area contributed by atoms with Gasteiger partial charge in [0.15, 0.2) is 0 Å². The van der Waals surface area contributed by atoms with Crippen LogP contribution in [0.25, 0.3) is 0 Å². The third-order valence-corrected chi connectivity index (χ3v) is 2.50. The van der Waals surface area contributed by atoms with Crippen molar-refractivity contribution in [2.75, 3.05) is 18.0 Å². The summed E-state index contributed by atoms with van der Waals surface area (Å²) in [4.78, 5) is 33.3. The molecular formula is C12H12F3N3O3. The molecule has 0 fully saturated rings.